The Labute approximate surface area is 87.0 Å². The highest BCUT2D eigenvalue weighted by atomic mass is 15.2. The van der Waals surface area contributed by atoms with E-state index in [1.54, 1.807) is 12.4 Å². The standard InChI is InChI=1S/C12H9N3/c1-2-4-10(5-3-1)12-11-6-7-14-15(11)9-8-13-12/h1-9H. The quantitative estimate of drug-likeness (QED) is 0.596. The number of rotatable bonds is 1. The molecule has 0 aliphatic rings. The summed E-state index contributed by atoms with van der Waals surface area (Å²) < 4.78 is 1.83. The second kappa shape index (κ2) is 3.20. The summed E-state index contributed by atoms with van der Waals surface area (Å²) in [6, 6.07) is 12.1. The number of benzene rings is 1. The average Bonchev–Trinajstić information content (AvgIpc) is 2.78. The lowest BCUT2D eigenvalue weighted by molar-refractivity contribution is 0.948. The number of hydrogen-bond donors (Lipinski definition) is 0. The zero-order valence-corrected chi connectivity index (χ0v) is 8.04. The van der Waals surface area contributed by atoms with E-state index < -0.39 is 0 Å². The number of fused-ring (bicyclic) bond motifs is 1. The van der Waals surface area contributed by atoms with Crippen molar-refractivity contribution < 1.29 is 0 Å². The first kappa shape index (κ1) is 8.17. The zero-order chi connectivity index (χ0) is 10.1. The first-order chi connectivity index (χ1) is 7.45. The van der Waals surface area contributed by atoms with Gasteiger partial charge in [-0.2, -0.15) is 5.10 Å². The van der Waals surface area contributed by atoms with Crippen LogP contribution in [0.3, 0.4) is 0 Å². The zero-order valence-electron chi connectivity index (χ0n) is 8.04. The van der Waals surface area contributed by atoms with Gasteiger partial charge in [-0.3, -0.25) is 4.98 Å². The molecule has 1 aromatic carbocycles. The molecule has 2 aromatic heterocycles. The van der Waals surface area contributed by atoms with Crippen molar-refractivity contribution in [1.82, 2.24) is 14.6 Å². The molecule has 0 fully saturated rings. The van der Waals surface area contributed by atoms with E-state index in [1.165, 1.54) is 0 Å². The van der Waals surface area contributed by atoms with E-state index in [4.69, 9.17) is 0 Å². The molecule has 0 aliphatic carbocycles. The van der Waals surface area contributed by atoms with Crippen LogP contribution in [0.1, 0.15) is 0 Å². The molecular formula is C12H9N3. The molecule has 3 rings (SSSR count). The van der Waals surface area contributed by atoms with Crippen molar-refractivity contribution in [2.24, 2.45) is 0 Å². The van der Waals surface area contributed by atoms with Gasteiger partial charge in [0.15, 0.2) is 0 Å². The molecule has 3 aromatic rings. The lowest BCUT2D eigenvalue weighted by Gasteiger charge is -2.01. The van der Waals surface area contributed by atoms with Crippen molar-refractivity contribution in [2.45, 2.75) is 0 Å². The number of nitrogens with zero attached hydrogens (tertiary/aromatic N) is 3. The summed E-state index contributed by atoms with van der Waals surface area (Å²) in [5, 5.41) is 4.18. The second-order valence-corrected chi connectivity index (χ2v) is 3.30. The van der Waals surface area contributed by atoms with E-state index in [0.29, 0.717) is 0 Å². The Kier molecular flexibility index (Phi) is 1.75. The van der Waals surface area contributed by atoms with Crippen LogP contribution in [0.25, 0.3) is 16.8 Å². The van der Waals surface area contributed by atoms with Gasteiger partial charge in [-0.25, -0.2) is 4.52 Å². The molecule has 2 heterocycles. The summed E-state index contributed by atoms with van der Waals surface area (Å²) in [5.74, 6) is 0. The molecule has 0 atom stereocenters. The Morgan fingerprint density at radius 3 is 2.67 bits per heavy atom. The fourth-order valence-electron chi connectivity index (χ4n) is 1.68. The molecule has 0 aliphatic heterocycles. The molecule has 0 saturated heterocycles. The Hall–Kier alpha value is -2.16. The van der Waals surface area contributed by atoms with Crippen molar-refractivity contribution in [3.8, 4) is 11.3 Å². The molecule has 0 saturated carbocycles. The van der Waals surface area contributed by atoms with Gasteiger partial charge in [0.25, 0.3) is 0 Å². The minimum absolute atomic E-state index is 0.968. The fraction of sp³-hybridized carbons (Fsp3) is 0. The third kappa shape index (κ3) is 1.29. The molecule has 0 bridgehead atoms. The maximum absolute atomic E-state index is 4.39. The monoisotopic (exact) mass is 195 g/mol. The van der Waals surface area contributed by atoms with E-state index in [1.807, 2.05) is 35.0 Å². The van der Waals surface area contributed by atoms with Crippen molar-refractivity contribution >= 4 is 5.52 Å². The van der Waals surface area contributed by atoms with Crippen LogP contribution in [0.2, 0.25) is 0 Å². The summed E-state index contributed by atoms with van der Waals surface area (Å²) in [4.78, 5) is 4.39. The fourth-order valence-corrected chi connectivity index (χ4v) is 1.68. The predicted molar refractivity (Wildman–Crippen MR) is 58.4 cm³/mol. The number of hydrogen-bond acceptors (Lipinski definition) is 2. The van der Waals surface area contributed by atoms with Crippen LogP contribution in [0, 0.1) is 0 Å². The van der Waals surface area contributed by atoms with Crippen molar-refractivity contribution in [2.75, 3.05) is 0 Å². The highest BCUT2D eigenvalue weighted by molar-refractivity contribution is 5.75. The highest BCUT2D eigenvalue weighted by Gasteiger charge is 2.04. The molecular weight excluding hydrogens is 186 g/mol. The minimum atomic E-state index is 0.968. The molecule has 0 radical (unpaired) electrons. The Bertz CT molecular complexity index is 584. The molecule has 0 amide bonds. The predicted octanol–water partition coefficient (Wildman–Crippen LogP) is 2.40. The van der Waals surface area contributed by atoms with Crippen LogP contribution in [0.4, 0.5) is 0 Å². The highest BCUT2D eigenvalue weighted by Crippen LogP contribution is 2.20. The van der Waals surface area contributed by atoms with E-state index >= 15 is 0 Å². The van der Waals surface area contributed by atoms with E-state index in [0.717, 1.165) is 16.8 Å². The van der Waals surface area contributed by atoms with Crippen molar-refractivity contribution in [1.29, 1.82) is 0 Å². The number of aromatic nitrogens is 3. The van der Waals surface area contributed by atoms with Crippen LogP contribution in [0.15, 0.2) is 55.0 Å². The van der Waals surface area contributed by atoms with Crippen LogP contribution >= 0.6 is 0 Å². The molecule has 0 spiro atoms. The summed E-state index contributed by atoms with van der Waals surface area (Å²) in [5.41, 5.74) is 3.11. The van der Waals surface area contributed by atoms with Gasteiger partial charge < -0.3 is 0 Å². The first-order valence-corrected chi connectivity index (χ1v) is 4.79. The third-order valence-electron chi connectivity index (χ3n) is 2.37. The third-order valence-corrected chi connectivity index (χ3v) is 2.37. The van der Waals surface area contributed by atoms with Gasteiger partial charge >= 0.3 is 0 Å². The lowest BCUT2D eigenvalue weighted by Crippen LogP contribution is -1.91. The van der Waals surface area contributed by atoms with Gasteiger partial charge in [0, 0.05) is 18.0 Å². The average molecular weight is 195 g/mol. The Morgan fingerprint density at radius 2 is 1.80 bits per heavy atom. The Morgan fingerprint density at radius 1 is 0.933 bits per heavy atom. The van der Waals surface area contributed by atoms with E-state index in [-0.39, 0.29) is 0 Å². The van der Waals surface area contributed by atoms with Crippen molar-refractivity contribution in [3.05, 3.63) is 55.0 Å². The molecule has 0 N–H and O–H groups in total. The van der Waals surface area contributed by atoms with E-state index in [9.17, 15) is 0 Å². The van der Waals surface area contributed by atoms with Crippen LogP contribution < -0.4 is 0 Å². The lowest BCUT2D eigenvalue weighted by atomic mass is 10.1. The molecule has 72 valence electrons. The van der Waals surface area contributed by atoms with Gasteiger partial charge in [-0.15, -0.1) is 0 Å². The first-order valence-electron chi connectivity index (χ1n) is 4.79. The van der Waals surface area contributed by atoms with Gasteiger partial charge in [-0.1, -0.05) is 30.3 Å². The van der Waals surface area contributed by atoms with Gasteiger partial charge in [0.05, 0.1) is 17.4 Å². The maximum Gasteiger partial charge on any atom is 0.0960 e. The topological polar surface area (TPSA) is 30.2 Å². The van der Waals surface area contributed by atoms with E-state index in [2.05, 4.69) is 22.2 Å². The SMILES string of the molecule is c1ccc(-c2nccn3nccc23)cc1. The second-order valence-electron chi connectivity index (χ2n) is 3.30. The normalized spacial score (nSPS) is 10.7. The van der Waals surface area contributed by atoms with Crippen LogP contribution in [-0.2, 0) is 0 Å². The molecule has 15 heavy (non-hydrogen) atoms. The summed E-state index contributed by atoms with van der Waals surface area (Å²) in [6.07, 6.45) is 5.40. The van der Waals surface area contributed by atoms with Gasteiger partial charge in [0.2, 0.25) is 0 Å². The van der Waals surface area contributed by atoms with Gasteiger partial charge in [-0.05, 0) is 6.07 Å². The maximum atomic E-state index is 4.39. The summed E-state index contributed by atoms with van der Waals surface area (Å²) in [6.45, 7) is 0. The summed E-state index contributed by atoms with van der Waals surface area (Å²) >= 11 is 0. The summed E-state index contributed by atoms with van der Waals surface area (Å²) in [7, 11) is 0. The smallest absolute Gasteiger partial charge is 0.0960 e. The molecule has 3 nitrogen and oxygen atoms in total. The van der Waals surface area contributed by atoms with Crippen LogP contribution in [-0.4, -0.2) is 14.6 Å². The minimum Gasteiger partial charge on any atom is -0.252 e. The largest absolute Gasteiger partial charge is 0.252 e. The molecule has 0 unspecified atom stereocenters. The Balaban J connectivity index is 2.31. The van der Waals surface area contributed by atoms with Crippen LogP contribution in [0.5, 0.6) is 0 Å². The van der Waals surface area contributed by atoms with Crippen molar-refractivity contribution in [3.63, 3.8) is 0 Å². The van der Waals surface area contributed by atoms with Gasteiger partial charge in [0.1, 0.15) is 0 Å². The molecule has 3 heteroatoms.